The summed E-state index contributed by atoms with van der Waals surface area (Å²) in [6, 6.07) is 5.44. The zero-order valence-corrected chi connectivity index (χ0v) is 11.4. The predicted molar refractivity (Wildman–Crippen MR) is 73.4 cm³/mol. The van der Waals surface area contributed by atoms with E-state index in [1.54, 1.807) is 6.20 Å². The van der Waals surface area contributed by atoms with Crippen LogP contribution in [0.3, 0.4) is 0 Å². The van der Waals surface area contributed by atoms with E-state index in [1.165, 1.54) is 12.3 Å². The smallest absolute Gasteiger partial charge is 0.141 e. The van der Waals surface area contributed by atoms with Crippen molar-refractivity contribution in [2.45, 2.75) is 26.8 Å². The van der Waals surface area contributed by atoms with Crippen LogP contribution < -0.4 is 5.32 Å². The first-order valence-corrected chi connectivity index (χ1v) is 6.39. The van der Waals surface area contributed by atoms with E-state index in [-0.39, 0.29) is 11.9 Å². The predicted octanol–water partition coefficient (Wildman–Crippen LogP) is 2.93. The van der Waals surface area contributed by atoms with E-state index >= 15 is 0 Å². The van der Waals surface area contributed by atoms with Gasteiger partial charge in [0.05, 0.1) is 12.2 Å². The number of nitrogens with zero attached hydrogens (tertiary/aromatic N) is 2. The number of nitrogens with one attached hydrogen (secondary N) is 1. The van der Waals surface area contributed by atoms with Gasteiger partial charge in [-0.25, -0.2) is 4.39 Å². The third kappa shape index (κ3) is 3.15. The highest BCUT2D eigenvalue weighted by molar-refractivity contribution is 5.33. The van der Waals surface area contributed by atoms with E-state index in [0.717, 1.165) is 29.1 Å². The van der Waals surface area contributed by atoms with Crippen molar-refractivity contribution in [3.63, 3.8) is 0 Å². The Bertz CT molecular complexity index is 569. The van der Waals surface area contributed by atoms with Crippen LogP contribution in [-0.2, 0) is 0 Å². The van der Waals surface area contributed by atoms with Gasteiger partial charge in [0.2, 0.25) is 0 Å². The van der Waals surface area contributed by atoms with Crippen LogP contribution in [0.25, 0.3) is 0 Å². The fraction of sp³-hybridized carbons (Fsp3) is 0.333. The van der Waals surface area contributed by atoms with Gasteiger partial charge in [0.15, 0.2) is 0 Å². The van der Waals surface area contributed by atoms with Gasteiger partial charge in [-0.05, 0) is 43.7 Å². The SMILES string of the molecule is CCNC(c1cncc(F)c1)c1ccc(C)nc1C. The summed E-state index contributed by atoms with van der Waals surface area (Å²) < 4.78 is 13.3. The first-order valence-electron chi connectivity index (χ1n) is 6.39. The number of halogens is 1. The van der Waals surface area contributed by atoms with Crippen LogP contribution in [0.5, 0.6) is 0 Å². The van der Waals surface area contributed by atoms with Crippen molar-refractivity contribution in [3.8, 4) is 0 Å². The summed E-state index contributed by atoms with van der Waals surface area (Å²) in [6.45, 7) is 6.74. The lowest BCUT2D eigenvalue weighted by molar-refractivity contribution is 0.593. The summed E-state index contributed by atoms with van der Waals surface area (Å²) in [5.74, 6) is -0.321. The van der Waals surface area contributed by atoms with E-state index in [0.29, 0.717) is 0 Å². The van der Waals surface area contributed by atoms with Crippen LogP contribution >= 0.6 is 0 Å². The topological polar surface area (TPSA) is 37.8 Å². The average molecular weight is 259 g/mol. The van der Waals surface area contributed by atoms with Crippen molar-refractivity contribution in [3.05, 3.63) is 58.9 Å². The third-order valence-electron chi connectivity index (χ3n) is 3.04. The van der Waals surface area contributed by atoms with Crippen molar-refractivity contribution in [2.75, 3.05) is 6.54 Å². The van der Waals surface area contributed by atoms with E-state index in [1.807, 2.05) is 32.9 Å². The molecule has 0 radical (unpaired) electrons. The molecule has 0 amide bonds. The molecule has 4 heteroatoms. The summed E-state index contributed by atoms with van der Waals surface area (Å²) >= 11 is 0. The normalized spacial score (nSPS) is 12.4. The van der Waals surface area contributed by atoms with E-state index in [4.69, 9.17) is 0 Å². The molecule has 0 spiro atoms. The summed E-state index contributed by atoms with van der Waals surface area (Å²) in [5.41, 5.74) is 3.81. The molecule has 19 heavy (non-hydrogen) atoms. The molecule has 0 bridgehead atoms. The van der Waals surface area contributed by atoms with E-state index < -0.39 is 0 Å². The molecule has 1 unspecified atom stereocenters. The lowest BCUT2D eigenvalue weighted by Crippen LogP contribution is -2.23. The first-order chi connectivity index (χ1) is 9.11. The monoisotopic (exact) mass is 259 g/mol. The average Bonchev–Trinajstić information content (AvgIpc) is 2.37. The second-order valence-corrected chi connectivity index (χ2v) is 4.55. The molecule has 0 saturated carbocycles. The zero-order valence-electron chi connectivity index (χ0n) is 11.4. The van der Waals surface area contributed by atoms with Gasteiger partial charge >= 0.3 is 0 Å². The van der Waals surface area contributed by atoms with Crippen LogP contribution in [0.1, 0.15) is 35.5 Å². The number of rotatable bonds is 4. The Balaban J connectivity index is 2.45. The molecule has 0 fully saturated rings. The Kier molecular flexibility index (Phi) is 4.22. The van der Waals surface area contributed by atoms with Gasteiger partial charge in [0, 0.05) is 17.6 Å². The zero-order chi connectivity index (χ0) is 13.8. The summed E-state index contributed by atoms with van der Waals surface area (Å²) in [4.78, 5) is 8.40. The molecule has 1 N–H and O–H groups in total. The van der Waals surface area contributed by atoms with Gasteiger partial charge in [0.25, 0.3) is 0 Å². The maximum atomic E-state index is 13.3. The van der Waals surface area contributed by atoms with Crippen LogP contribution in [-0.4, -0.2) is 16.5 Å². The lowest BCUT2D eigenvalue weighted by atomic mass is 9.98. The fourth-order valence-corrected chi connectivity index (χ4v) is 2.20. The molecular weight excluding hydrogens is 241 g/mol. The van der Waals surface area contributed by atoms with Crippen LogP contribution in [0.4, 0.5) is 4.39 Å². The maximum Gasteiger partial charge on any atom is 0.141 e. The van der Waals surface area contributed by atoms with Crippen LogP contribution in [0.2, 0.25) is 0 Å². The second-order valence-electron chi connectivity index (χ2n) is 4.55. The van der Waals surface area contributed by atoms with Crippen molar-refractivity contribution >= 4 is 0 Å². The quantitative estimate of drug-likeness (QED) is 0.917. The van der Waals surface area contributed by atoms with E-state index in [2.05, 4.69) is 15.3 Å². The third-order valence-corrected chi connectivity index (χ3v) is 3.04. The number of aryl methyl sites for hydroxylation is 2. The van der Waals surface area contributed by atoms with Crippen LogP contribution in [0, 0.1) is 19.7 Å². The minimum Gasteiger partial charge on any atom is -0.306 e. The summed E-state index contributed by atoms with van der Waals surface area (Å²) in [5, 5.41) is 3.36. The standard InChI is InChI=1S/C15H18FN3/c1-4-18-15(12-7-13(16)9-17-8-12)14-6-5-10(2)19-11(14)3/h5-9,15,18H,4H2,1-3H3. The van der Waals surface area contributed by atoms with E-state index in [9.17, 15) is 4.39 Å². The van der Waals surface area contributed by atoms with Crippen molar-refractivity contribution in [1.29, 1.82) is 0 Å². The van der Waals surface area contributed by atoms with Crippen LogP contribution in [0.15, 0.2) is 30.6 Å². The largest absolute Gasteiger partial charge is 0.306 e. The molecule has 1 atom stereocenters. The molecular formula is C15H18FN3. The number of hydrogen-bond donors (Lipinski definition) is 1. The Labute approximate surface area is 112 Å². The highest BCUT2D eigenvalue weighted by atomic mass is 19.1. The Hall–Kier alpha value is -1.81. The fourth-order valence-electron chi connectivity index (χ4n) is 2.20. The number of aromatic nitrogens is 2. The lowest BCUT2D eigenvalue weighted by Gasteiger charge is -2.20. The molecule has 0 aliphatic carbocycles. The maximum absolute atomic E-state index is 13.3. The number of pyridine rings is 2. The van der Waals surface area contributed by atoms with Crippen molar-refractivity contribution in [1.82, 2.24) is 15.3 Å². The minimum absolute atomic E-state index is 0.0821. The second kappa shape index (κ2) is 5.89. The van der Waals surface area contributed by atoms with Gasteiger partial charge in [-0.1, -0.05) is 13.0 Å². The van der Waals surface area contributed by atoms with Gasteiger partial charge in [-0.3, -0.25) is 9.97 Å². The summed E-state index contributed by atoms with van der Waals surface area (Å²) in [7, 11) is 0. The van der Waals surface area contributed by atoms with Gasteiger partial charge in [-0.2, -0.15) is 0 Å². The summed E-state index contributed by atoms with van der Waals surface area (Å²) in [6.07, 6.45) is 2.91. The number of hydrogen-bond acceptors (Lipinski definition) is 3. The molecule has 100 valence electrons. The molecule has 0 aromatic carbocycles. The minimum atomic E-state index is -0.321. The Morgan fingerprint density at radius 1 is 1.26 bits per heavy atom. The van der Waals surface area contributed by atoms with Gasteiger partial charge < -0.3 is 5.32 Å². The van der Waals surface area contributed by atoms with Crippen molar-refractivity contribution < 1.29 is 4.39 Å². The Morgan fingerprint density at radius 2 is 2.05 bits per heavy atom. The molecule has 2 aromatic heterocycles. The molecule has 0 saturated heterocycles. The Morgan fingerprint density at radius 3 is 2.68 bits per heavy atom. The highest BCUT2D eigenvalue weighted by Gasteiger charge is 2.16. The molecule has 0 aliphatic heterocycles. The molecule has 2 heterocycles. The molecule has 3 nitrogen and oxygen atoms in total. The molecule has 0 aliphatic rings. The van der Waals surface area contributed by atoms with Gasteiger partial charge in [-0.15, -0.1) is 0 Å². The van der Waals surface area contributed by atoms with Gasteiger partial charge in [0.1, 0.15) is 5.82 Å². The molecule has 2 rings (SSSR count). The van der Waals surface area contributed by atoms with Crippen molar-refractivity contribution in [2.24, 2.45) is 0 Å². The molecule has 2 aromatic rings. The first kappa shape index (κ1) is 13.6. The highest BCUT2D eigenvalue weighted by Crippen LogP contribution is 2.24.